The average molecular weight is 537 g/mol. The molecule has 0 saturated heterocycles. The molecule has 6 nitrogen and oxygen atoms in total. The number of nitrogens with zero attached hydrogens (tertiary/aromatic N) is 1. The highest BCUT2D eigenvalue weighted by molar-refractivity contribution is 6.30. The molecule has 0 spiro atoms. The summed E-state index contributed by atoms with van der Waals surface area (Å²) in [5.74, 6) is 1.22. The van der Waals surface area contributed by atoms with Crippen LogP contribution in [0.2, 0.25) is 5.02 Å². The van der Waals surface area contributed by atoms with Gasteiger partial charge in [-0.05, 0) is 67.3 Å². The molecule has 0 aliphatic heterocycles. The third-order valence-corrected chi connectivity index (χ3v) is 6.65. The van der Waals surface area contributed by atoms with Crippen LogP contribution < -0.4 is 14.8 Å². The maximum absolute atomic E-state index is 13.6. The predicted molar refractivity (Wildman–Crippen MR) is 152 cm³/mol. The van der Waals surface area contributed by atoms with Crippen molar-refractivity contribution in [3.63, 3.8) is 0 Å². The Hall–Kier alpha value is -3.51. The Balaban J connectivity index is 1.77. The van der Waals surface area contributed by atoms with Gasteiger partial charge in [0.1, 0.15) is 17.5 Å². The van der Waals surface area contributed by atoms with Crippen molar-refractivity contribution < 1.29 is 19.1 Å². The van der Waals surface area contributed by atoms with Crippen LogP contribution >= 0.6 is 11.6 Å². The largest absolute Gasteiger partial charge is 0.497 e. The number of ether oxygens (including phenoxy) is 2. The fraction of sp³-hybridized carbons (Fsp3) is 0.355. The third kappa shape index (κ3) is 9.10. The molecule has 1 N–H and O–H groups in total. The molecule has 3 aromatic carbocycles. The van der Waals surface area contributed by atoms with Gasteiger partial charge in [0, 0.05) is 30.5 Å². The van der Waals surface area contributed by atoms with Crippen molar-refractivity contribution in [1.82, 2.24) is 10.2 Å². The molecule has 3 rings (SSSR count). The number of carbonyl (C=O) groups excluding carboxylic acids is 2. The summed E-state index contributed by atoms with van der Waals surface area (Å²) < 4.78 is 11.0. The van der Waals surface area contributed by atoms with E-state index in [1.54, 1.807) is 24.1 Å². The molecule has 0 fully saturated rings. The third-order valence-electron chi connectivity index (χ3n) is 6.40. The number of halogens is 1. The van der Waals surface area contributed by atoms with Gasteiger partial charge in [0.25, 0.3) is 0 Å². The first-order valence-electron chi connectivity index (χ1n) is 13.0. The molecule has 7 heteroatoms. The molecule has 0 aromatic heterocycles. The molecule has 2 amide bonds. The van der Waals surface area contributed by atoms with Gasteiger partial charge in [0.05, 0.1) is 13.7 Å². The molecule has 3 aromatic rings. The minimum Gasteiger partial charge on any atom is -0.497 e. The summed E-state index contributed by atoms with van der Waals surface area (Å²) in [4.78, 5) is 28.9. The summed E-state index contributed by atoms with van der Waals surface area (Å²) in [5, 5.41) is 3.71. The fourth-order valence-corrected chi connectivity index (χ4v) is 4.14. The lowest BCUT2D eigenvalue weighted by molar-refractivity contribution is -0.141. The predicted octanol–water partition coefficient (Wildman–Crippen LogP) is 6.06. The van der Waals surface area contributed by atoms with Crippen molar-refractivity contribution in [2.45, 2.75) is 58.2 Å². The second-order valence-electron chi connectivity index (χ2n) is 9.30. The molecule has 0 bridgehead atoms. The first-order valence-corrected chi connectivity index (χ1v) is 13.4. The van der Waals surface area contributed by atoms with E-state index < -0.39 is 6.04 Å². The molecule has 0 heterocycles. The minimum atomic E-state index is -0.655. The summed E-state index contributed by atoms with van der Waals surface area (Å²) in [6, 6.07) is 23.9. The lowest BCUT2D eigenvalue weighted by Gasteiger charge is -2.32. The van der Waals surface area contributed by atoms with Crippen LogP contribution in [-0.4, -0.2) is 42.5 Å². The van der Waals surface area contributed by atoms with Crippen molar-refractivity contribution in [3.05, 3.63) is 95.0 Å². The van der Waals surface area contributed by atoms with Crippen molar-refractivity contribution in [3.8, 4) is 11.5 Å². The Kier molecular flexibility index (Phi) is 11.5. The van der Waals surface area contributed by atoms with Crippen LogP contribution in [0.25, 0.3) is 0 Å². The van der Waals surface area contributed by atoms with Crippen LogP contribution in [0.5, 0.6) is 11.5 Å². The number of hydrogen-bond acceptors (Lipinski definition) is 4. The topological polar surface area (TPSA) is 67.9 Å². The fourth-order valence-electron chi connectivity index (χ4n) is 4.01. The lowest BCUT2D eigenvalue weighted by Crippen LogP contribution is -2.52. The average Bonchev–Trinajstić information content (AvgIpc) is 2.94. The first-order chi connectivity index (χ1) is 18.4. The maximum atomic E-state index is 13.6. The quantitative estimate of drug-likeness (QED) is 0.254. The van der Waals surface area contributed by atoms with E-state index in [2.05, 4.69) is 5.32 Å². The first kappa shape index (κ1) is 29.1. The number of nitrogens with one attached hydrogen (secondary N) is 1. The van der Waals surface area contributed by atoms with E-state index in [9.17, 15) is 9.59 Å². The summed E-state index contributed by atoms with van der Waals surface area (Å²) in [5.41, 5.74) is 1.90. The van der Waals surface area contributed by atoms with Crippen LogP contribution in [0.15, 0.2) is 78.9 Å². The second kappa shape index (κ2) is 15.0. The summed E-state index contributed by atoms with van der Waals surface area (Å²) in [6.07, 6.45) is 2.00. The lowest BCUT2D eigenvalue weighted by atomic mass is 10.0. The molecule has 202 valence electrons. The summed E-state index contributed by atoms with van der Waals surface area (Å²) in [6.45, 7) is 4.69. The van der Waals surface area contributed by atoms with Gasteiger partial charge in [0.2, 0.25) is 11.8 Å². The number of rotatable bonds is 14. The van der Waals surface area contributed by atoms with Gasteiger partial charge in [-0.25, -0.2) is 0 Å². The van der Waals surface area contributed by atoms with E-state index in [-0.39, 0.29) is 24.3 Å². The minimum absolute atomic E-state index is 0.00570. The van der Waals surface area contributed by atoms with Crippen molar-refractivity contribution >= 4 is 23.4 Å². The highest BCUT2D eigenvalue weighted by atomic mass is 35.5. The Morgan fingerprint density at radius 1 is 0.921 bits per heavy atom. The van der Waals surface area contributed by atoms with Gasteiger partial charge in [-0.15, -0.1) is 0 Å². The molecular formula is C31H37ClN2O4. The number of carbonyl (C=O) groups is 2. The van der Waals surface area contributed by atoms with Crippen LogP contribution in [0, 0.1) is 0 Å². The monoisotopic (exact) mass is 536 g/mol. The molecule has 2 atom stereocenters. The summed E-state index contributed by atoms with van der Waals surface area (Å²) >= 11 is 6.09. The van der Waals surface area contributed by atoms with Gasteiger partial charge < -0.3 is 19.7 Å². The highest BCUT2D eigenvalue weighted by Crippen LogP contribution is 2.20. The van der Waals surface area contributed by atoms with Gasteiger partial charge >= 0.3 is 0 Å². The SMILES string of the molecule is CC[C@H](C)NC(=O)[C@H](Cc1ccccc1)N(Cc1ccc(Cl)cc1)C(=O)CCCOc1ccc(OC)cc1. The second-order valence-corrected chi connectivity index (χ2v) is 9.74. The van der Waals surface area contributed by atoms with E-state index in [0.717, 1.165) is 23.3 Å². The zero-order valence-corrected chi connectivity index (χ0v) is 23.1. The van der Waals surface area contributed by atoms with E-state index >= 15 is 0 Å². The molecular weight excluding hydrogens is 500 g/mol. The number of amides is 2. The van der Waals surface area contributed by atoms with Gasteiger partial charge in [-0.1, -0.05) is 61.0 Å². The Labute approximate surface area is 230 Å². The van der Waals surface area contributed by atoms with Crippen LogP contribution in [0.4, 0.5) is 0 Å². The number of methoxy groups -OCH3 is 1. The molecule has 0 saturated carbocycles. The van der Waals surface area contributed by atoms with Crippen LogP contribution in [-0.2, 0) is 22.6 Å². The van der Waals surface area contributed by atoms with E-state index in [4.69, 9.17) is 21.1 Å². The number of hydrogen-bond donors (Lipinski definition) is 1. The van der Waals surface area contributed by atoms with Gasteiger partial charge in [-0.3, -0.25) is 9.59 Å². The van der Waals surface area contributed by atoms with Crippen molar-refractivity contribution in [1.29, 1.82) is 0 Å². The summed E-state index contributed by atoms with van der Waals surface area (Å²) in [7, 11) is 1.62. The Bertz CT molecular complexity index is 1140. The van der Waals surface area contributed by atoms with Crippen LogP contribution in [0.1, 0.15) is 44.2 Å². The van der Waals surface area contributed by atoms with Gasteiger partial charge in [0.15, 0.2) is 0 Å². The van der Waals surface area contributed by atoms with Gasteiger partial charge in [-0.2, -0.15) is 0 Å². The van der Waals surface area contributed by atoms with E-state index in [1.807, 2.05) is 80.6 Å². The zero-order chi connectivity index (χ0) is 27.3. The molecule has 0 aliphatic rings. The highest BCUT2D eigenvalue weighted by Gasteiger charge is 2.30. The van der Waals surface area contributed by atoms with Crippen molar-refractivity contribution in [2.24, 2.45) is 0 Å². The normalized spacial score (nSPS) is 12.3. The molecule has 0 radical (unpaired) electrons. The molecule has 0 aliphatic carbocycles. The maximum Gasteiger partial charge on any atom is 0.243 e. The standard InChI is InChI=1S/C31H37ClN2O4/c1-4-23(2)33-31(36)29(21-24-9-6-5-7-10-24)34(22-25-12-14-26(32)15-13-25)30(35)11-8-20-38-28-18-16-27(37-3)17-19-28/h5-7,9-10,12-19,23,29H,4,8,11,20-22H2,1-3H3,(H,33,36)/t23-,29-/m0/s1. The zero-order valence-electron chi connectivity index (χ0n) is 22.4. The Morgan fingerprint density at radius 3 is 2.21 bits per heavy atom. The number of benzene rings is 3. The Morgan fingerprint density at radius 2 is 1.58 bits per heavy atom. The molecule has 0 unspecified atom stereocenters. The van der Waals surface area contributed by atoms with Crippen molar-refractivity contribution in [2.75, 3.05) is 13.7 Å². The van der Waals surface area contributed by atoms with E-state index in [1.165, 1.54) is 0 Å². The smallest absolute Gasteiger partial charge is 0.243 e. The molecule has 38 heavy (non-hydrogen) atoms. The van der Waals surface area contributed by atoms with E-state index in [0.29, 0.717) is 36.8 Å². The van der Waals surface area contributed by atoms with Crippen LogP contribution in [0.3, 0.4) is 0 Å².